The Bertz CT molecular complexity index is 256. The molecule has 0 radical (unpaired) electrons. The number of furan rings is 1. The lowest BCUT2D eigenvalue weighted by molar-refractivity contribution is 0.153. The standard InChI is InChI=1S/C7H10N2O3/c1-5(8-10)7(9-11)6-3-2-4-12-6/h2-5,8,10-11H,1H3/b9-7+/t5-/m1/s1. The fraction of sp³-hybridized carbons (Fsp3) is 0.286. The minimum absolute atomic E-state index is 0.252. The van der Waals surface area contributed by atoms with Crippen LogP contribution in [0.2, 0.25) is 0 Å². The van der Waals surface area contributed by atoms with E-state index in [2.05, 4.69) is 5.16 Å². The third-order valence-electron chi connectivity index (χ3n) is 1.49. The van der Waals surface area contributed by atoms with Crippen molar-refractivity contribution in [3.63, 3.8) is 0 Å². The first-order chi connectivity index (χ1) is 5.79. The summed E-state index contributed by atoms with van der Waals surface area (Å²) in [6.45, 7) is 1.64. The molecule has 0 aliphatic rings. The van der Waals surface area contributed by atoms with Gasteiger partial charge in [-0.25, -0.2) is 0 Å². The van der Waals surface area contributed by atoms with E-state index in [-0.39, 0.29) is 5.71 Å². The first-order valence-corrected chi connectivity index (χ1v) is 3.45. The summed E-state index contributed by atoms with van der Waals surface area (Å²) < 4.78 is 4.97. The van der Waals surface area contributed by atoms with Crippen LogP contribution in [0.1, 0.15) is 12.7 Å². The average Bonchev–Trinajstić information content (AvgIpc) is 2.58. The number of nitrogens with zero attached hydrogens (tertiary/aromatic N) is 1. The van der Waals surface area contributed by atoms with Crippen molar-refractivity contribution in [3.8, 4) is 0 Å². The fourth-order valence-electron chi connectivity index (χ4n) is 0.835. The van der Waals surface area contributed by atoms with Crippen molar-refractivity contribution in [3.05, 3.63) is 24.2 Å². The van der Waals surface area contributed by atoms with Crippen molar-refractivity contribution in [2.45, 2.75) is 13.0 Å². The van der Waals surface area contributed by atoms with Gasteiger partial charge in [-0.15, -0.1) is 0 Å². The summed E-state index contributed by atoms with van der Waals surface area (Å²) >= 11 is 0. The number of oxime groups is 1. The molecule has 0 aliphatic heterocycles. The summed E-state index contributed by atoms with van der Waals surface area (Å²) in [7, 11) is 0. The molecule has 1 aromatic rings. The van der Waals surface area contributed by atoms with Gasteiger partial charge in [-0.3, -0.25) is 0 Å². The number of hydrogen-bond donors (Lipinski definition) is 3. The molecule has 1 rings (SSSR count). The van der Waals surface area contributed by atoms with Gasteiger partial charge in [0.15, 0.2) is 5.76 Å². The van der Waals surface area contributed by atoms with Crippen molar-refractivity contribution in [2.75, 3.05) is 0 Å². The number of rotatable bonds is 3. The molecule has 1 atom stereocenters. The van der Waals surface area contributed by atoms with Gasteiger partial charge in [-0.05, 0) is 19.1 Å². The second-order valence-electron chi connectivity index (χ2n) is 2.31. The van der Waals surface area contributed by atoms with E-state index in [9.17, 15) is 0 Å². The number of hydroxylamine groups is 1. The highest BCUT2D eigenvalue weighted by Gasteiger charge is 2.14. The van der Waals surface area contributed by atoms with Crippen LogP contribution in [0.15, 0.2) is 28.0 Å². The van der Waals surface area contributed by atoms with Gasteiger partial charge < -0.3 is 14.8 Å². The van der Waals surface area contributed by atoms with E-state index >= 15 is 0 Å². The molecule has 0 saturated carbocycles. The maximum atomic E-state index is 8.58. The predicted molar refractivity (Wildman–Crippen MR) is 41.4 cm³/mol. The molecule has 0 unspecified atom stereocenters. The molecule has 0 spiro atoms. The zero-order chi connectivity index (χ0) is 8.97. The highest BCUT2D eigenvalue weighted by Crippen LogP contribution is 2.05. The topological polar surface area (TPSA) is 78.0 Å². The molecule has 3 N–H and O–H groups in total. The van der Waals surface area contributed by atoms with Crippen molar-refractivity contribution in [1.29, 1.82) is 0 Å². The lowest BCUT2D eigenvalue weighted by atomic mass is 10.2. The summed E-state index contributed by atoms with van der Waals surface area (Å²) in [5, 5.41) is 20.1. The second-order valence-corrected chi connectivity index (χ2v) is 2.31. The molecule has 1 aromatic heterocycles. The van der Waals surface area contributed by atoms with Gasteiger partial charge in [-0.2, -0.15) is 5.48 Å². The van der Waals surface area contributed by atoms with Gasteiger partial charge in [0.2, 0.25) is 0 Å². The van der Waals surface area contributed by atoms with Crippen molar-refractivity contribution in [2.24, 2.45) is 5.16 Å². The van der Waals surface area contributed by atoms with Crippen LogP contribution in [0.5, 0.6) is 0 Å². The predicted octanol–water partition coefficient (Wildman–Crippen LogP) is 0.825. The van der Waals surface area contributed by atoms with Crippen LogP contribution in [-0.2, 0) is 0 Å². The van der Waals surface area contributed by atoms with E-state index in [0.29, 0.717) is 5.76 Å². The Hall–Kier alpha value is -1.33. The summed E-state index contributed by atoms with van der Waals surface area (Å²) in [5.41, 5.74) is 2.21. The van der Waals surface area contributed by atoms with E-state index in [1.165, 1.54) is 6.26 Å². The quantitative estimate of drug-likeness (QED) is 0.356. The first kappa shape index (κ1) is 8.76. The number of nitrogens with one attached hydrogen (secondary N) is 1. The molecule has 12 heavy (non-hydrogen) atoms. The Morgan fingerprint density at radius 1 is 1.75 bits per heavy atom. The van der Waals surface area contributed by atoms with Crippen LogP contribution in [0.25, 0.3) is 0 Å². The highest BCUT2D eigenvalue weighted by molar-refractivity contribution is 6.01. The molecule has 0 amide bonds. The number of hydrogen-bond acceptors (Lipinski definition) is 5. The average molecular weight is 170 g/mol. The van der Waals surface area contributed by atoms with E-state index in [1.807, 2.05) is 5.48 Å². The van der Waals surface area contributed by atoms with Crippen molar-refractivity contribution in [1.82, 2.24) is 5.48 Å². The summed E-state index contributed by atoms with van der Waals surface area (Å²) in [4.78, 5) is 0. The van der Waals surface area contributed by atoms with Crippen molar-refractivity contribution < 1.29 is 14.8 Å². The molecule has 0 saturated heterocycles. The summed E-state index contributed by atoms with van der Waals surface area (Å²) in [5.74, 6) is 0.423. The monoisotopic (exact) mass is 170 g/mol. The fourth-order valence-corrected chi connectivity index (χ4v) is 0.835. The molecule has 0 fully saturated rings. The van der Waals surface area contributed by atoms with E-state index in [1.54, 1.807) is 19.1 Å². The molecule has 0 bridgehead atoms. The van der Waals surface area contributed by atoms with Crippen molar-refractivity contribution >= 4 is 5.71 Å². The molecule has 0 aromatic carbocycles. The molecular weight excluding hydrogens is 160 g/mol. The minimum atomic E-state index is -0.471. The zero-order valence-corrected chi connectivity index (χ0v) is 6.56. The maximum absolute atomic E-state index is 8.58. The molecule has 1 heterocycles. The van der Waals surface area contributed by atoms with Crippen LogP contribution >= 0.6 is 0 Å². The molecule has 66 valence electrons. The Kier molecular flexibility index (Phi) is 2.84. The Morgan fingerprint density at radius 3 is 2.92 bits per heavy atom. The molecule has 5 heteroatoms. The smallest absolute Gasteiger partial charge is 0.153 e. The third kappa shape index (κ3) is 1.63. The van der Waals surface area contributed by atoms with Gasteiger partial charge in [-0.1, -0.05) is 5.16 Å². The van der Waals surface area contributed by atoms with Gasteiger partial charge in [0, 0.05) is 0 Å². The SMILES string of the molecule is C[C@@H](NO)/C(=N\O)c1ccco1. The molecular formula is C7H10N2O3. The highest BCUT2D eigenvalue weighted by atomic mass is 16.5. The van der Waals surface area contributed by atoms with Gasteiger partial charge in [0.05, 0.1) is 12.3 Å². The maximum Gasteiger partial charge on any atom is 0.153 e. The van der Waals surface area contributed by atoms with Gasteiger partial charge in [0.25, 0.3) is 0 Å². The van der Waals surface area contributed by atoms with E-state index in [4.69, 9.17) is 14.8 Å². The van der Waals surface area contributed by atoms with Gasteiger partial charge in [0.1, 0.15) is 5.71 Å². The van der Waals surface area contributed by atoms with Crippen LogP contribution < -0.4 is 5.48 Å². The van der Waals surface area contributed by atoms with E-state index in [0.717, 1.165) is 0 Å². The Balaban J connectivity index is 2.85. The first-order valence-electron chi connectivity index (χ1n) is 3.45. The molecule has 5 nitrogen and oxygen atoms in total. The third-order valence-corrected chi connectivity index (χ3v) is 1.49. The lowest BCUT2D eigenvalue weighted by Gasteiger charge is -2.07. The molecule has 0 aliphatic carbocycles. The van der Waals surface area contributed by atoms with E-state index < -0.39 is 6.04 Å². The van der Waals surface area contributed by atoms with Crippen LogP contribution in [0, 0.1) is 0 Å². The Morgan fingerprint density at radius 2 is 2.50 bits per heavy atom. The van der Waals surface area contributed by atoms with Crippen LogP contribution in [0.4, 0.5) is 0 Å². The Labute approximate surface area is 69.3 Å². The second kappa shape index (κ2) is 3.89. The normalized spacial score (nSPS) is 14.7. The minimum Gasteiger partial charge on any atom is -0.463 e. The zero-order valence-electron chi connectivity index (χ0n) is 6.56. The summed E-state index contributed by atoms with van der Waals surface area (Å²) in [6, 6.07) is 2.84. The van der Waals surface area contributed by atoms with Crippen LogP contribution in [0.3, 0.4) is 0 Å². The van der Waals surface area contributed by atoms with Gasteiger partial charge >= 0.3 is 0 Å². The largest absolute Gasteiger partial charge is 0.463 e. The van der Waals surface area contributed by atoms with Crippen LogP contribution in [-0.4, -0.2) is 22.2 Å². The summed E-state index contributed by atoms with van der Waals surface area (Å²) in [6.07, 6.45) is 1.46. The lowest BCUT2D eigenvalue weighted by Crippen LogP contribution is -2.31.